The summed E-state index contributed by atoms with van der Waals surface area (Å²) >= 11 is 0. The van der Waals surface area contributed by atoms with Crippen LogP contribution >= 0.6 is 0 Å². The Morgan fingerprint density at radius 3 is 2.35 bits per heavy atom. The lowest BCUT2D eigenvalue weighted by molar-refractivity contribution is -0.107. The maximum atomic E-state index is 10.5. The van der Waals surface area contributed by atoms with Gasteiger partial charge in [-0.25, -0.2) is 0 Å². The number of carbonyl (C=O) groups excluding carboxylic acids is 1. The van der Waals surface area contributed by atoms with E-state index in [0.29, 0.717) is 6.42 Å². The molecular formula is C19H28O. The van der Waals surface area contributed by atoms with E-state index in [1.54, 1.807) is 0 Å². The Hall–Kier alpha value is -1.11. The molecular weight excluding hydrogens is 244 g/mol. The van der Waals surface area contributed by atoms with Crippen LogP contribution in [0.15, 0.2) is 24.3 Å². The van der Waals surface area contributed by atoms with Gasteiger partial charge in [-0.2, -0.15) is 0 Å². The molecule has 0 aromatic heterocycles. The van der Waals surface area contributed by atoms with E-state index in [-0.39, 0.29) is 0 Å². The Kier molecular flexibility index (Phi) is 6.29. The highest BCUT2D eigenvalue weighted by atomic mass is 16.1. The molecule has 1 aromatic rings. The van der Waals surface area contributed by atoms with Crippen molar-refractivity contribution >= 4 is 6.29 Å². The minimum Gasteiger partial charge on any atom is -0.303 e. The first-order valence-electron chi connectivity index (χ1n) is 8.36. The quantitative estimate of drug-likeness (QED) is 0.487. The van der Waals surface area contributed by atoms with Crippen molar-refractivity contribution in [2.45, 2.75) is 70.6 Å². The summed E-state index contributed by atoms with van der Waals surface area (Å²) in [5, 5.41) is 0. The second kappa shape index (κ2) is 8.24. The van der Waals surface area contributed by atoms with Crippen molar-refractivity contribution in [3.63, 3.8) is 0 Å². The van der Waals surface area contributed by atoms with E-state index in [9.17, 15) is 4.79 Å². The SMILES string of the molecule is CCCCCC1CCC(c2ccc(CC=O)cc2)CC1. The number of benzene rings is 1. The third kappa shape index (κ3) is 4.47. The monoisotopic (exact) mass is 272 g/mol. The van der Waals surface area contributed by atoms with Crippen molar-refractivity contribution < 1.29 is 4.79 Å². The number of carbonyl (C=O) groups is 1. The Morgan fingerprint density at radius 1 is 1.05 bits per heavy atom. The normalized spacial score (nSPS) is 22.6. The van der Waals surface area contributed by atoms with Gasteiger partial charge in [0.15, 0.2) is 0 Å². The lowest BCUT2D eigenvalue weighted by atomic mass is 9.77. The van der Waals surface area contributed by atoms with Crippen LogP contribution in [0, 0.1) is 5.92 Å². The summed E-state index contributed by atoms with van der Waals surface area (Å²) in [4.78, 5) is 10.5. The van der Waals surface area contributed by atoms with Gasteiger partial charge < -0.3 is 4.79 Å². The molecule has 1 saturated carbocycles. The average Bonchev–Trinajstić information content (AvgIpc) is 2.49. The molecule has 0 bridgehead atoms. The van der Waals surface area contributed by atoms with Gasteiger partial charge in [-0.05, 0) is 48.6 Å². The van der Waals surface area contributed by atoms with E-state index in [2.05, 4.69) is 31.2 Å². The third-order valence-electron chi connectivity index (χ3n) is 4.83. The molecule has 0 saturated heterocycles. The topological polar surface area (TPSA) is 17.1 Å². The van der Waals surface area contributed by atoms with E-state index in [0.717, 1.165) is 23.7 Å². The van der Waals surface area contributed by atoms with Gasteiger partial charge in [-0.1, -0.05) is 56.9 Å². The van der Waals surface area contributed by atoms with Crippen LogP contribution in [-0.4, -0.2) is 6.29 Å². The van der Waals surface area contributed by atoms with E-state index < -0.39 is 0 Å². The van der Waals surface area contributed by atoms with Gasteiger partial charge in [0.2, 0.25) is 0 Å². The van der Waals surface area contributed by atoms with Gasteiger partial charge in [0.05, 0.1) is 0 Å². The molecule has 0 radical (unpaired) electrons. The van der Waals surface area contributed by atoms with Gasteiger partial charge in [0, 0.05) is 6.42 Å². The number of hydrogen-bond acceptors (Lipinski definition) is 1. The Labute approximate surface area is 123 Å². The zero-order chi connectivity index (χ0) is 14.2. The van der Waals surface area contributed by atoms with Crippen LogP contribution in [0.5, 0.6) is 0 Å². The van der Waals surface area contributed by atoms with Gasteiger partial charge in [-0.15, -0.1) is 0 Å². The predicted molar refractivity (Wildman–Crippen MR) is 85.1 cm³/mol. The molecule has 1 aliphatic carbocycles. The summed E-state index contributed by atoms with van der Waals surface area (Å²) in [6.45, 7) is 2.28. The molecule has 1 nitrogen and oxygen atoms in total. The second-order valence-corrected chi connectivity index (χ2v) is 6.33. The van der Waals surface area contributed by atoms with Gasteiger partial charge >= 0.3 is 0 Å². The average molecular weight is 272 g/mol. The summed E-state index contributed by atoms with van der Waals surface area (Å²) in [5.74, 6) is 1.73. The minimum atomic E-state index is 0.546. The number of hydrogen-bond donors (Lipinski definition) is 0. The molecule has 2 rings (SSSR count). The molecule has 1 heteroatoms. The van der Waals surface area contributed by atoms with Gasteiger partial charge in [0.25, 0.3) is 0 Å². The third-order valence-corrected chi connectivity index (χ3v) is 4.83. The van der Waals surface area contributed by atoms with Gasteiger partial charge in [-0.3, -0.25) is 0 Å². The fraction of sp³-hybridized carbons (Fsp3) is 0.632. The lowest BCUT2D eigenvalue weighted by Gasteiger charge is -2.29. The molecule has 1 fully saturated rings. The Balaban J connectivity index is 1.79. The Bertz CT molecular complexity index is 385. The molecule has 1 aliphatic rings. The van der Waals surface area contributed by atoms with E-state index >= 15 is 0 Å². The molecule has 0 unspecified atom stereocenters. The highest BCUT2D eigenvalue weighted by Crippen LogP contribution is 2.37. The first-order valence-corrected chi connectivity index (χ1v) is 8.36. The van der Waals surface area contributed by atoms with Crippen molar-refractivity contribution in [2.24, 2.45) is 5.92 Å². The standard InChI is InChI=1S/C19H28O/c1-2-3-4-5-16-6-10-18(11-7-16)19-12-8-17(9-13-19)14-15-20/h8-9,12-13,15-16,18H,2-7,10-11,14H2,1H3. The molecule has 1 aromatic carbocycles. The Morgan fingerprint density at radius 2 is 1.75 bits per heavy atom. The molecule has 0 spiro atoms. The van der Waals surface area contributed by atoms with Gasteiger partial charge in [0.1, 0.15) is 6.29 Å². The summed E-state index contributed by atoms with van der Waals surface area (Å²) in [7, 11) is 0. The van der Waals surface area contributed by atoms with Crippen molar-refractivity contribution in [2.75, 3.05) is 0 Å². The molecule has 0 aliphatic heterocycles. The van der Waals surface area contributed by atoms with Crippen LogP contribution in [0.1, 0.15) is 75.3 Å². The zero-order valence-corrected chi connectivity index (χ0v) is 12.8. The van der Waals surface area contributed by atoms with E-state index in [1.165, 1.54) is 56.9 Å². The number of aldehydes is 1. The van der Waals surface area contributed by atoms with E-state index in [4.69, 9.17) is 0 Å². The smallest absolute Gasteiger partial charge is 0.124 e. The molecule has 0 atom stereocenters. The first kappa shape index (κ1) is 15.3. The van der Waals surface area contributed by atoms with Crippen molar-refractivity contribution in [1.29, 1.82) is 0 Å². The van der Waals surface area contributed by atoms with Crippen LogP contribution in [0.25, 0.3) is 0 Å². The van der Waals surface area contributed by atoms with Crippen molar-refractivity contribution in [3.05, 3.63) is 35.4 Å². The highest BCUT2D eigenvalue weighted by molar-refractivity contribution is 5.54. The zero-order valence-electron chi connectivity index (χ0n) is 12.8. The summed E-state index contributed by atoms with van der Waals surface area (Å²) in [5.41, 5.74) is 2.61. The van der Waals surface area contributed by atoms with Crippen molar-refractivity contribution in [3.8, 4) is 0 Å². The van der Waals surface area contributed by atoms with E-state index in [1.807, 2.05) is 0 Å². The summed E-state index contributed by atoms with van der Waals surface area (Å²) in [6.07, 6.45) is 12.6. The molecule has 20 heavy (non-hydrogen) atoms. The van der Waals surface area contributed by atoms with Crippen LogP contribution in [0.3, 0.4) is 0 Å². The highest BCUT2D eigenvalue weighted by Gasteiger charge is 2.21. The lowest BCUT2D eigenvalue weighted by Crippen LogP contribution is -2.13. The number of unbranched alkanes of at least 4 members (excludes halogenated alkanes) is 2. The van der Waals surface area contributed by atoms with Crippen LogP contribution < -0.4 is 0 Å². The fourth-order valence-electron chi connectivity index (χ4n) is 3.49. The minimum absolute atomic E-state index is 0.546. The predicted octanol–water partition coefficient (Wildman–Crippen LogP) is 5.28. The van der Waals surface area contributed by atoms with Crippen LogP contribution in [0.2, 0.25) is 0 Å². The molecule has 0 N–H and O–H groups in total. The summed E-state index contributed by atoms with van der Waals surface area (Å²) < 4.78 is 0. The van der Waals surface area contributed by atoms with Crippen LogP contribution in [-0.2, 0) is 11.2 Å². The molecule has 0 heterocycles. The largest absolute Gasteiger partial charge is 0.303 e. The second-order valence-electron chi connectivity index (χ2n) is 6.33. The first-order chi connectivity index (χ1) is 9.83. The molecule has 110 valence electrons. The van der Waals surface area contributed by atoms with Crippen LogP contribution in [0.4, 0.5) is 0 Å². The maximum absolute atomic E-state index is 10.5. The maximum Gasteiger partial charge on any atom is 0.124 e. The summed E-state index contributed by atoms with van der Waals surface area (Å²) in [6, 6.07) is 8.72. The number of rotatable bonds is 7. The fourth-order valence-corrected chi connectivity index (χ4v) is 3.49. The van der Waals surface area contributed by atoms with Crippen molar-refractivity contribution in [1.82, 2.24) is 0 Å². The molecule has 0 amide bonds.